The van der Waals surface area contributed by atoms with Crippen molar-refractivity contribution in [1.82, 2.24) is 15.1 Å². The highest BCUT2D eigenvalue weighted by Gasteiger charge is 2.29. The van der Waals surface area contributed by atoms with E-state index in [9.17, 15) is 4.79 Å². The molecule has 1 aliphatic heterocycles. The smallest absolute Gasteiger partial charge is 0.225 e. The Morgan fingerprint density at radius 3 is 2.85 bits per heavy atom. The number of nitrogens with one attached hydrogen (secondary N) is 1. The van der Waals surface area contributed by atoms with Crippen LogP contribution in [0.3, 0.4) is 0 Å². The van der Waals surface area contributed by atoms with Gasteiger partial charge in [0.05, 0.1) is 6.04 Å². The summed E-state index contributed by atoms with van der Waals surface area (Å²) in [5, 5.41) is 13.0. The van der Waals surface area contributed by atoms with E-state index in [1.165, 1.54) is 11.3 Å². The van der Waals surface area contributed by atoms with E-state index in [-0.39, 0.29) is 11.9 Å². The van der Waals surface area contributed by atoms with Gasteiger partial charge in [0.15, 0.2) is 0 Å². The van der Waals surface area contributed by atoms with Crippen molar-refractivity contribution in [3.05, 3.63) is 40.9 Å². The van der Waals surface area contributed by atoms with E-state index < -0.39 is 0 Å². The van der Waals surface area contributed by atoms with Crippen LogP contribution in [0.1, 0.15) is 17.0 Å². The molecule has 0 saturated carbocycles. The summed E-state index contributed by atoms with van der Waals surface area (Å²) >= 11 is 1.52. The van der Waals surface area contributed by atoms with Gasteiger partial charge in [-0.25, -0.2) is 0 Å². The van der Waals surface area contributed by atoms with E-state index in [4.69, 9.17) is 0 Å². The lowest BCUT2D eigenvalue weighted by Crippen LogP contribution is -2.27. The summed E-state index contributed by atoms with van der Waals surface area (Å²) in [4.78, 5) is 13.9. The molecule has 2 aromatic rings. The molecule has 104 valence electrons. The number of nitrogens with zero attached hydrogens (tertiary/aromatic N) is 3. The monoisotopic (exact) mass is 288 g/mol. The van der Waals surface area contributed by atoms with Crippen LogP contribution in [-0.4, -0.2) is 33.6 Å². The van der Waals surface area contributed by atoms with Crippen LogP contribution in [0.4, 0.5) is 5.13 Å². The molecule has 1 atom stereocenters. The topological polar surface area (TPSA) is 58.1 Å². The summed E-state index contributed by atoms with van der Waals surface area (Å²) in [6.45, 7) is 3.31. The molecule has 5 nitrogen and oxygen atoms in total. The second-order valence-corrected chi connectivity index (χ2v) is 6.11. The predicted octanol–water partition coefficient (Wildman–Crippen LogP) is 2.06. The van der Waals surface area contributed by atoms with Crippen molar-refractivity contribution in [2.75, 3.05) is 11.9 Å². The lowest BCUT2D eigenvalue weighted by molar-refractivity contribution is -0.128. The molecular weight excluding hydrogens is 272 g/mol. The van der Waals surface area contributed by atoms with Gasteiger partial charge in [-0.3, -0.25) is 4.79 Å². The van der Waals surface area contributed by atoms with Gasteiger partial charge in [-0.2, -0.15) is 0 Å². The molecule has 0 spiro atoms. The minimum atomic E-state index is 0.124. The van der Waals surface area contributed by atoms with E-state index in [1.807, 2.05) is 42.2 Å². The molecule has 1 aliphatic rings. The van der Waals surface area contributed by atoms with Gasteiger partial charge < -0.3 is 10.2 Å². The molecule has 1 aromatic carbocycles. The number of anilines is 1. The molecule has 20 heavy (non-hydrogen) atoms. The number of hydrogen-bond acceptors (Lipinski definition) is 5. The number of likely N-dealkylation sites (tertiary alicyclic amines) is 1. The molecule has 6 heteroatoms. The van der Waals surface area contributed by atoms with Gasteiger partial charge in [0.1, 0.15) is 5.01 Å². The molecular formula is C14H16N4OS. The number of carbonyl (C=O) groups is 1. The molecule has 1 aromatic heterocycles. The summed E-state index contributed by atoms with van der Waals surface area (Å²) in [5.74, 6) is 0.188. The van der Waals surface area contributed by atoms with E-state index >= 15 is 0 Å². The minimum Gasteiger partial charge on any atom is -0.355 e. The molecule has 2 heterocycles. The fraction of sp³-hybridized carbons (Fsp3) is 0.357. The van der Waals surface area contributed by atoms with Crippen molar-refractivity contribution in [2.24, 2.45) is 0 Å². The lowest BCUT2D eigenvalue weighted by Gasteiger charge is -2.16. The molecule has 3 rings (SSSR count). The van der Waals surface area contributed by atoms with Crippen molar-refractivity contribution in [2.45, 2.75) is 25.9 Å². The van der Waals surface area contributed by atoms with Crippen LogP contribution >= 0.6 is 11.3 Å². The first-order valence-electron chi connectivity index (χ1n) is 6.59. The Bertz CT molecular complexity index is 598. The first-order valence-corrected chi connectivity index (χ1v) is 7.41. The van der Waals surface area contributed by atoms with E-state index in [0.29, 0.717) is 19.5 Å². The molecule has 1 unspecified atom stereocenters. The molecule has 1 fully saturated rings. The fourth-order valence-corrected chi connectivity index (χ4v) is 3.02. The zero-order valence-corrected chi connectivity index (χ0v) is 12.1. The summed E-state index contributed by atoms with van der Waals surface area (Å²) in [6.07, 6.45) is 0.519. The summed E-state index contributed by atoms with van der Waals surface area (Å²) in [6, 6.07) is 10.2. The van der Waals surface area contributed by atoms with Crippen LogP contribution in [0.2, 0.25) is 0 Å². The molecule has 1 amide bonds. The Labute approximate surface area is 121 Å². The molecule has 0 aliphatic carbocycles. The van der Waals surface area contributed by atoms with E-state index in [2.05, 4.69) is 15.5 Å². The largest absolute Gasteiger partial charge is 0.355 e. The van der Waals surface area contributed by atoms with Crippen molar-refractivity contribution >= 4 is 22.4 Å². The number of hydrogen-bond donors (Lipinski definition) is 1. The number of carbonyl (C=O) groups excluding carboxylic acids is 1. The van der Waals surface area contributed by atoms with Gasteiger partial charge in [-0.15, -0.1) is 10.2 Å². The lowest BCUT2D eigenvalue weighted by atomic mass is 10.2. The standard InChI is InChI=1S/C14H16N4OS/c1-10-16-17-14(20-10)15-12-7-13(19)18(9-12)8-11-5-3-2-4-6-11/h2-6,12H,7-9H2,1H3,(H,15,17). The van der Waals surface area contributed by atoms with Gasteiger partial charge >= 0.3 is 0 Å². The Balaban J connectivity index is 1.60. The predicted molar refractivity (Wildman–Crippen MR) is 78.5 cm³/mol. The Kier molecular flexibility index (Phi) is 3.64. The molecule has 0 radical (unpaired) electrons. The second-order valence-electron chi connectivity index (χ2n) is 4.93. The third-order valence-electron chi connectivity index (χ3n) is 3.28. The van der Waals surface area contributed by atoms with Gasteiger partial charge in [0, 0.05) is 19.5 Å². The van der Waals surface area contributed by atoms with E-state index in [0.717, 1.165) is 15.7 Å². The average Bonchev–Trinajstić information content (AvgIpc) is 2.98. The number of rotatable bonds is 4. The van der Waals surface area contributed by atoms with Gasteiger partial charge in [-0.05, 0) is 12.5 Å². The number of amides is 1. The number of benzene rings is 1. The third kappa shape index (κ3) is 2.96. The highest BCUT2D eigenvalue weighted by Crippen LogP contribution is 2.21. The Morgan fingerprint density at radius 1 is 1.35 bits per heavy atom. The maximum atomic E-state index is 12.0. The zero-order chi connectivity index (χ0) is 13.9. The summed E-state index contributed by atoms with van der Waals surface area (Å²) < 4.78 is 0. The Morgan fingerprint density at radius 2 is 2.15 bits per heavy atom. The Hall–Kier alpha value is -1.95. The van der Waals surface area contributed by atoms with Crippen LogP contribution in [0, 0.1) is 6.92 Å². The quantitative estimate of drug-likeness (QED) is 0.935. The number of aryl methyl sites for hydroxylation is 1. The number of aromatic nitrogens is 2. The van der Waals surface area contributed by atoms with Crippen molar-refractivity contribution < 1.29 is 4.79 Å². The van der Waals surface area contributed by atoms with Gasteiger partial charge in [0.25, 0.3) is 0 Å². The first kappa shape index (κ1) is 13.1. The second kappa shape index (κ2) is 5.58. The van der Waals surface area contributed by atoms with Crippen LogP contribution in [-0.2, 0) is 11.3 Å². The minimum absolute atomic E-state index is 0.124. The molecule has 1 saturated heterocycles. The highest BCUT2D eigenvalue weighted by atomic mass is 32.1. The van der Waals surface area contributed by atoms with Crippen LogP contribution in [0.15, 0.2) is 30.3 Å². The normalized spacial score (nSPS) is 18.6. The van der Waals surface area contributed by atoms with Crippen molar-refractivity contribution in [3.8, 4) is 0 Å². The van der Waals surface area contributed by atoms with Crippen molar-refractivity contribution in [3.63, 3.8) is 0 Å². The summed E-state index contributed by atoms with van der Waals surface area (Å²) in [7, 11) is 0. The molecule has 0 bridgehead atoms. The van der Waals surface area contributed by atoms with Crippen LogP contribution < -0.4 is 5.32 Å². The van der Waals surface area contributed by atoms with E-state index in [1.54, 1.807) is 0 Å². The maximum Gasteiger partial charge on any atom is 0.225 e. The van der Waals surface area contributed by atoms with Crippen LogP contribution in [0.25, 0.3) is 0 Å². The highest BCUT2D eigenvalue weighted by molar-refractivity contribution is 7.15. The SMILES string of the molecule is Cc1nnc(NC2CC(=O)N(Cc3ccccc3)C2)s1. The maximum absolute atomic E-state index is 12.0. The summed E-state index contributed by atoms with van der Waals surface area (Å²) in [5.41, 5.74) is 1.16. The van der Waals surface area contributed by atoms with Crippen molar-refractivity contribution in [1.29, 1.82) is 0 Å². The zero-order valence-electron chi connectivity index (χ0n) is 11.2. The third-order valence-corrected chi connectivity index (χ3v) is 4.05. The fourth-order valence-electron chi connectivity index (χ4n) is 2.35. The molecule has 1 N–H and O–H groups in total. The van der Waals surface area contributed by atoms with Gasteiger partial charge in [-0.1, -0.05) is 41.7 Å². The average molecular weight is 288 g/mol. The van der Waals surface area contributed by atoms with Crippen LogP contribution in [0.5, 0.6) is 0 Å². The van der Waals surface area contributed by atoms with Gasteiger partial charge in [0.2, 0.25) is 11.0 Å². The first-order chi connectivity index (χ1) is 9.70.